The molecule has 0 aliphatic carbocycles. The number of hydrogen-bond acceptors (Lipinski definition) is 3. The highest BCUT2D eigenvalue weighted by atomic mass is 16.2. The van der Waals surface area contributed by atoms with Crippen molar-refractivity contribution < 1.29 is 4.79 Å². The first-order valence-electron chi connectivity index (χ1n) is 6.37. The first-order chi connectivity index (χ1) is 8.51. The van der Waals surface area contributed by atoms with Crippen LogP contribution in [0.4, 0.5) is 11.4 Å². The van der Waals surface area contributed by atoms with Gasteiger partial charge >= 0.3 is 0 Å². The SMILES string of the molecule is CCCN(CC)c1ccc(C(=O)N(C)C)cc1N. The molecule has 0 unspecified atom stereocenters. The van der Waals surface area contributed by atoms with Gasteiger partial charge in [-0.05, 0) is 31.5 Å². The molecule has 4 heteroatoms. The molecule has 0 radical (unpaired) electrons. The highest BCUT2D eigenvalue weighted by Gasteiger charge is 2.12. The maximum absolute atomic E-state index is 11.8. The first kappa shape index (κ1) is 14.4. The zero-order valence-corrected chi connectivity index (χ0v) is 11.7. The number of nitrogens with zero attached hydrogens (tertiary/aromatic N) is 2. The number of rotatable bonds is 5. The number of nitrogen functional groups attached to an aromatic ring is 1. The summed E-state index contributed by atoms with van der Waals surface area (Å²) in [6.45, 7) is 6.14. The van der Waals surface area contributed by atoms with Gasteiger partial charge in [-0.1, -0.05) is 6.92 Å². The summed E-state index contributed by atoms with van der Waals surface area (Å²) < 4.78 is 0. The minimum absolute atomic E-state index is 0.0215. The number of carbonyl (C=O) groups is 1. The largest absolute Gasteiger partial charge is 0.397 e. The van der Waals surface area contributed by atoms with Crippen molar-refractivity contribution in [1.29, 1.82) is 0 Å². The molecule has 0 spiro atoms. The predicted molar refractivity (Wildman–Crippen MR) is 77.0 cm³/mol. The molecule has 0 bridgehead atoms. The molecular formula is C14H23N3O. The normalized spacial score (nSPS) is 10.2. The molecule has 1 aromatic rings. The van der Waals surface area contributed by atoms with E-state index in [1.165, 1.54) is 0 Å². The molecule has 0 aromatic heterocycles. The van der Waals surface area contributed by atoms with Crippen LogP contribution in [-0.2, 0) is 0 Å². The highest BCUT2D eigenvalue weighted by molar-refractivity contribution is 5.95. The third-order valence-electron chi connectivity index (χ3n) is 2.90. The fourth-order valence-corrected chi connectivity index (χ4v) is 1.95. The van der Waals surface area contributed by atoms with Gasteiger partial charge in [0.2, 0.25) is 0 Å². The molecule has 1 rings (SSSR count). The Morgan fingerprint density at radius 2 is 1.94 bits per heavy atom. The van der Waals surface area contributed by atoms with Crippen molar-refractivity contribution in [2.45, 2.75) is 20.3 Å². The lowest BCUT2D eigenvalue weighted by molar-refractivity contribution is 0.0827. The van der Waals surface area contributed by atoms with Crippen LogP contribution in [0.2, 0.25) is 0 Å². The monoisotopic (exact) mass is 249 g/mol. The number of amides is 1. The van der Waals surface area contributed by atoms with E-state index in [0.29, 0.717) is 11.3 Å². The van der Waals surface area contributed by atoms with E-state index < -0.39 is 0 Å². The van der Waals surface area contributed by atoms with E-state index in [9.17, 15) is 4.79 Å². The lowest BCUT2D eigenvalue weighted by Gasteiger charge is -2.24. The third kappa shape index (κ3) is 3.15. The number of hydrogen-bond donors (Lipinski definition) is 1. The van der Waals surface area contributed by atoms with Gasteiger partial charge in [0.15, 0.2) is 0 Å². The van der Waals surface area contributed by atoms with Crippen LogP contribution in [-0.4, -0.2) is 38.0 Å². The second-order valence-electron chi connectivity index (χ2n) is 4.55. The van der Waals surface area contributed by atoms with E-state index in [1.54, 1.807) is 25.1 Å². The molecule has 0 aliphatic heterocycles. The van der Waals surface area contributed by atoms with Gasteiger partial charge in [-0.25, -0.2) is 0 Å². The summed E-state index contributed by atoms with van der Waals surface area (Å²) in [7, 11) is 3.48. The van der Waals surface area contributed by atoms with Crippen molar-refractivity contribution in [1.82, 2.24) is 4.90 Å². The van der Waals surface area contributed by atoms with Gasteiger partial charge in [0.25, 0.3) is 5.91 Å². The summed E-state index contributed by atoms with van der Waals surface area (Å²) in [5.74, 6) is -0.0215. The van der Waals surface area contributed by atoms with Crippen LogP contribution in [0.5, 0.6) is 0 Å². The molecule has 4 nitrogen and oxygen atoms in total. The minimum Gasteiger partial charge on any atom is -0.397 e. The zero-order valence-electron chi connectivity index (χ0n) is 11.7. The Balaban J connectivity index is 3.02. The Kier molecular flexibility index (Phi) is 5.01. The lowest BCUT2D eigenvalue weighted by Crippen LogP contribution is -2.25. The smallest absolute Gasteiger partial charge is 0.253 e. The second-order valence-corrected chi connectivity index (χ2v) is 4.55. The third-order valence-corrected chi connectivity index (χ3v) is 2.90. The van der Waals surface area contributed by atoms with Gasteiger partial charge in [0.1, 0.15) is 0 Å². The molecule has 0 fully saturated rings. The van der Waals surface area contributed by atoms with Gasteiger partial charge in [-0.3, -0.25) is 4.79 Å². The Bertz CT molecular complexity index is 416. The van der Waals surface area contributed by atoms with Crippen LogP contribution in [0, 0.1) is 0 Å². The molecule has 1 amide bonds. The van der Waals surface area contributed by atoms with Crippen LogP contribution in [0.15, 0.2) is 18.2 Å². The van der Waals surface area contributed by atoms with E-state index in [-0.39, 0.29) is 5.91 Å². The lowest BCUT2D eigenvalue weighted by atomic mass is 10.1. The predicted octanol–water partition coefficient (Wildman–Crippen LogP) is 2.21. The fraction of sp³-hybridized carbons (Fsp3) is 0.500. The van der Waals surface area contributed by atoms with Gasteiger partial charge in [-0.2, -0.15) is 0 Å². The van der Waals surface area contributed by atoms with E-state index >= 15 is 0 Å². The topological polar surface area (TPSA) is 49.6 Å². The summed E-state index contributed by atoms with van der Waals surface area (Å²) in [6, 6.07) is 5.54. The Labute approximate surface area is 109 Å². The summed E-state index contributed by atoms with van der Waals surface area (Å²) in [5, 5.41) is 0. The van der Waals surface area contributed by atoms with Crippen LogP contribution >= 0.6 is 0 Å². The fourth-order valence-electron chi connectivity index (χ4n) is 1.95. The average molecular weight is 249 g/mol. The molecule has 0 atom stereocenters. The Hall–Kier alpha value is -1.71. The number of benzene rings is 1. The Morgan fingerprint density at radius 3 is 2.39 bits per heavy atom. The van der Waals surface area contributed by atoms with Crippen LogP contribution in [0.25, 0.3) is 0 Å². The molecule has 1 aromatic carbocycles. The number of carbonyl (C=O) groups excluding carboxylic acids is 1. The van der Waals surface area contributed by atoms with Crippen LogP contribution < -0.4 is 10.6 Å². The maximum Gasteiger partial charge on any atom is 0.253 e. The summed E-state index contributed by atoms with van der Waals surface area (Å²) in [4.78, 5) is 15.6. The second kappa shape index (κ2) is 6.28. The van der Waals surface area contributed by atoms with Crippen LogP contribution in [0.3, 0.4) is 0 Å². The minimum atomic E-state index is -0.0215. The summed E-state index contributed by atoms with van der Waals surface area (Å²) >= 11 is 0. The molecule has 18 heavy (non-hydrogen) atoms. The van der Waals surface area contributed by atoms with E-state index in [1.807, 2.05) is 12.1 Å². The standard InChI is InChI=1S/C14H23N3O/c1-5-9-17(6-2)13-8-7-11(10-12(13)15)14(18)16(3)4/h7-8,10H,5-6,9,15H2,1-4H3. The zero-order chi connectivity index (χ0) is 13.7. The van der Waals surface area contributed by atoms with E-state index in [0.717, 1.165) is 25.2 Å². The Morgan fingerprint density at radius 1 is 1.28 bits per heavy atom. The molecule has 0 saturated heterocycles. The van der Waals surface area contributed by atoms with E-state index in [2.05, 4.69) is 18.7 Å². The first-order valence-corrected chi connectivity index (χ1v) is 6.37. The van der Waals surface area contributed by atoms with Gasteiger partial charge < -0.3 is 15.5 Å². The number of anilines is 2. The molecule has 0 saturated carbocycles. The van der Waals surface area contributed by atoms with Crippen molar-refractivity contribution in [3.8, 4) is 0 Å². The van der Waals surface area contributed by atoms with Gasteiger partial charge in [0.05, 0.1) is 11.4 Å². The van der Waals surface area contributed by atoms with Crippen molar-refractivity contribution in [3.63, 3.8) is 0 Å². The molecule has 0 aliphatic rings. The molecule has 0 heterocycles. The quantitative estimate of drug-likeness (QED) is 0.814. The van der Waals surface area contributed by atoms with Crippen molar-refractivity contribution >= 4 is 17.3 Å². The summed E-state index contributed by atoms with van der Waals surface area (Å²) in [5.41, 5.74) is 8.36. The number of nitrogens with two attached hydrogens (primary N) is 1. The van der Waals surface area contributed by atoms with Crippen LogP contribution in [0.1, 0.15) is 30.6 Å². The highest BCUT2D eigenvalue weighted by Crippen LogP contribution is 2.24. The van der Waals surface area contributed by atoms with Crippen molar-refractivity contribution in [2.24, 2.45) is 0 Å². The molecule has 100 valence electrons. The average Bonchev–Trinajstić information content (AvgIpc) is 2.35. The van der Waals surface area contributed by atoms with Gasteiger partial charge in [-0.15, -0.1) is 0 Å². The van der Waals surface area contributed by atoms with Crippen molar-refractivity contribution in [3.05, 3.63) is 23.8 Å². The van der Waals surface area contributed by atoms with E-state index in [4.69, 9.17) is 5.73 Å². The summed E-state index contributed by atoms with van der Waals surface area (Å²) in [6.07, 6.45) is 1.08. The molecular weight excluding hydrogens is 226 g/mol. The van der Waals surface area contributed by atoms with Gasteiger partial charge in [0, 0.05) is 32.7 Å². The van der Waals surface area contributed by atoms with Crippen molar-refractivity contribution in [2.75, 3.05) is 37.8 Å². The molecule has 2 N–H and O–H groups in total. The maximum atomic E-state index is 11.8.